The second-order valence-electron chi connectivity index (χ2n) is 5.95. The minimum Gasteiger partial charge on any atom is -0.299 e. The summed E-state index contributed by atoms with van der Waals surface area (Å²) < 4.78 is 0. The van der Waals surface area contributed by atoms with Crippen LogP contribution >= 0.6 is 0 Å². The molecule has 1 saturated carbocycles. The van der Waals surface area contributed by atoms with E-state index in [1.54, 1.807) is 0 Å². The maximum Gasteiger partial charge on any atom is 0.138 e. The topological polar surface area (TPSA) is 17.1 Å². The number of Topliss-reactive ketones (excluding diaryl/α,β-unsaturated/α-hetero) is 1. The Balaban J connectivity index is 2.28. The lowest BCUT2D eigenvalue weighted by molar-refractivity contribution is -0.127. The van der Waals surface area contributed by atoms with E-state index in [-0.39, 0.29) is 0 Å². The molecule has 100 valence electrons. The molecular weight excluding hydrogens is 208 g/mol. The average Bonchev–Trinajstić information content (AvgIpc) is 2.36. The van der Waals surface area contributed by atoms with Crippen LogP contribution in [0.15, 0.2) is 0 Å². The zero-order valence-electron chi connectivity index (χ0n) is 12.0. The Morgan fingerprint density at radius 2 is 1.76 bits per heavy atom. The highest BCUT2D eigenvalue weighted by Crippen LogP contribution is 2.34. The van der Waals surface area contributed by atoms with Gasteiger partial charge in [0.15, 0.2) is 0 Å². The summed E-state index contributed by atoms with van der Waals surface area (Å²) in [6.45, 7) is 6.56. The standard InChI is InChI=1S/C16H30O/c1-4-6-8-14-9-11-15(12-10-14)16(17)13(3)7-5-2/h13-15H,4-12H2,1-3H3. The largest absolute Gasteiger partial charge is 0.299 e. The first-order chi connectivity index (χ1) is 8.19. The van der Waals surface area contributed by atoms with Crippen molar-refractivity contribution in [1.29, 1.82) is 0 Å². The van der Waals surface area contributed by atoms with Crippen molar-refractivity contribution in [3.05, 3.63) is 0 Å². The first-order valence-electron chi connectivity index (χ1n) is 7.72. The minimum atomic E-state index is 0.303. The van der Waals surface area contributed by atoms with Crippen LogP contribution in [-0.4, -0.2) is 5.78 Å². The highest BCUT2D eigenvalue weighted by Gasteiger charge is 2.28. The average molecular weight is 238 g/mol. The molecule has 0 amide bonds. The molecule has 0 aromatic rings. The number of ketones is 1. The molecular formula is C16H30O. The van der Waals surface area contributed by atoms with Crippen LogP contribution in [0.3, 0.4) is 0 Å². The molecule has 0 aromatic carbocycles. The third-order valence-electron chi connectivity index (χ3n) is 4.42. The molecule has 0 bridgehead atoms. The zero-order valence-corrected chi connectivity index (χ0v) is 12.0. The van der Waals surface area contributed by atoms with Crippen LogP contribution in [0.4, 0.5) is 0 Å². The third-order valence-corrected chi connectivity index (χ3v) is 4.42. The van der Waals surface area contributed by atoms with Gasteiger partial charge in [0.1, 0.15) is 5.78 Å². The molecule has 1 fully saturated rings. The molecule has 1 heteroatoms. The Hall–Kier alpha value is -0.330. The van der Waals surface area contributed by atoms with Crippen LogP contribution in [0.1, 0.15) is 78.6 Å². The molecule has 0 radical (unpaired) electrons. The highest BCUT2D eigenvalue weighted by atomic mass is 16.1. The summed E-state index contributed by atoms with van der Waals surface area (Å²) in [6.07, 6.45) is 11.2. The van der Waals surface area contributed by atoms with Gasteiger partial charge in [-0.05, 0) is 38.0 Å². The molecule has 17 heavy (non-hydrogen) atoms. The SMILES string of the molecule is CCCCC1CCC(C(=O)C(C)CCC)CC1. The molecule has 1 aliphatic carbocycles. The van der Waals surface area contributed by atoms with Crippen molar-refractivity contribution in [1.82, 2.24) is 0 Å². The lowest BCUT2D eigenvalue weighted by Gasteiger charge is -2.29. The predicted octanol–water partition coefficient (Wildman–Crippen LogP) is 4.99. The second-order valence-corrected chi connectivity index (χ2v) is 5.95. The fourth-order valence-electron chi connectivity index (χ4n) is 3.21. The Kier molecular flexibility index (Phi) is 6.84. The quantitative estimate of drug-likeness (QED) is 0.611. The lowest BCUT2D eigenvalue weighted by atomic mass is 9.75. The van der Waals surface area contributed by atoms with E-state index in [9.17, 15) is 4.79 Å². The van der Waals surface area contributed by atoms with Gasteiger partial charge >= 0.3 is 0 Å². The molecule has 1 aliphatic rings. The lowest BCUT2D eigenvalue weighted by Crippen LogP contribution is -2.26. The summed E-state index contributed by atoms with van der Waals surface area (Å²) >= 11 is 0. The summed E-state index contributed by atoms with van der Waals surface area (Å²) in [6, 6.07) is 0. The molecule has 0 heterocycles. The summed E-state index contributed by atoms with van der Waals surface area (Å²) in [5, 5.41) is 0. The van der Waals surface area contributed by atoms with Crippen LogP contribution in [0.2, 0.25) is 0 Å². The van der Waals surface area contributed by atoms with Gasteiger partial charge in [0, 0.05) is 11.8 Å². The predicted molar refractivity (Wildman–Crippen MR) is 74.1 cm³/mol. The van der Waals surface area contributed by atoms with E-state index < -0.39 is 0 Å². The van der Waals surface area contributed by atoms with Crippen LogP contribution in [0, 0.1) is 17.8 Å². The molecule has 0 saturated heterocycles. The molecule has 1 rings (SSSR count). The summed E-state index contributed by atoms with van der Waals surface area (Å²) in [5.41, 5.74) is 0. The maximum absolute atomic E-state index is 12.2. The number of rotatable bonds is 7. The van der Waals surface area contributed by atoms with Crippen LogP contribution in [0.5, 0.6) is 0 Å². The Morgan fingerprint density at radius 3 is 2.29 bits per heavy atom. The fourth-order valence-corrected chi connectivity index (χ4v) is 3.21. The zero-order chi connectivity index (χ0) is 12.7. The highest BCUT2D eigenvalue weighted by molar-refractivity contribution is 5.83. The van der Waals surface area contributed by atoms with Crippen molar-refractivity contribution >= 4 is 5.78 Å². The molecule has 0 N–H and O–H groups in total. The Bertz CT molecular complexity index is 214. The third kappa shape index (κ3) is 4.81. The number of hydrogen-bond donors (Lipinski definition) is 0. The molecule has 1 nitrogen and oxygen atoms in total. The van der Waals surface area contributed by atoms with Crippen molar-refractivity contribution in [2.75, 3.05) is 0 Å². The van der Waals surface area contributed by atoms with Crippen LogP contribution in [0.25, 0.3) is 0 Å². The first-order valence-corrected chi connectivity index (χ1v) is 7.72. The van der Waals surface area contributed by atoms with E-state index in [0.29, 0.717) is 17.6 Å². The Labute approximate surface area is 107 Å². The number of hydrogen-bond acceptors (Lipinski definition) is 1. The summed E-state index contributed by atoms with van der Waals surface area (Å²) in [4.78, 5) is 12.2. The van der Waals surface area contributed by atoms with Gasteiger partial charge in [-0.2, -0.15) is 0 Å². The molecule has 0 spiro atoms. The first kappa shape index (κ1) is 14.7. The van der Waals surface area contributed by atoms with Crippen LogP contribution in [-0.2, 0) is 4.79 Å². The minimum absolute atomic E-state index is 0.303. The molecule has 0 aliphatic heterocycles. The van der Waals surface area contributed by atoms with Gasteiger partial charge < -0.3 is 0 Å². The number of carbonyl (C=O) groups is 1. The van der Waals surface area contributed by atoms with Crippen molar-refractivity contribution in [2.45, 2.75) is 78.6 Å². The Morgan fingerprint density at radius 1 is 1.12 bits per heavy atom. The smallest absolute Gasteiger partial charge is 0.138 e. The fraction of sp³-hybridized carbons (Fsp3) is 0.938. The molecule has 0 aromatic heterocycles. The van der Waals surface area contributed by atoms with E-state index in [1.807, 2.05) is 0 Å². The van der Waals surface area contributed by atoms with E-state index >= 15 is 0 Å². The van der Waals surface area contributed by atoms with Crippen molar-refractivity contribution in [3.8, 4) is 0 Å². The maximum atomic E-state index is 12.2. The van der Waals surface area contributed by atoms with E-state index in [4.69, 9.17) is 0 Å². The van der Waals surface area contributed by atoms with E-state index in [0.717, 1.165) is 18.8 Å². The van der Waals surface area contributed by atoms with Crippen molar-refractivity contribution in [3.63, 3.8) is 0 Å². The van der Waals surface area contributed by atoms with Gasteiger partial charge in [0.2, 0.25) is 0 Å². The molecule has 1 unspecified atom stereocenters. The van der Waals surface area contributed by atoms with Gasteiger partial charge in [-0.15, -0.1) is 0 Å². The van der Waals surface area contributed by atoms with Gasteiger partial charge in [-0.3, -0.25) is 4.79 Å². The summed E-state index contributed by atoms with van der Waals surface area (Å²) in [7, 11) is 0. The number of unbranched alkanes of at least 4 members (excludes halogenated alkanes) is 1. The van der Waals surface area contributed by atoms with Crippen molar-refractivity contribution < 1.29 is 4.79 Å². The van der Waals surface area contributed by atoms with E-state index in [1.165, 1.54) is 44.9 Å². The van der Waals surface area contributed by atoms with E-state index in [2.05, 4.69) is 20.8 Å². The van der Waals surface area contributed by atoms with Gasteiger partial charge in [-0.25, -0.2) is 0 Å². The molecule has 1 atom stereocenters. The van der Waals surface area contributed by atoms with Gasteiger partial charge in [0.05, 0.1) is 0 Å². The van der Waals surface area contributed by atoms with Crippen LogP contribution < -0.4 is 0 Å². The van der Waals surface area contributed by atoms with Gasteiger partial charge in [-0.1, -0.05) is 46.5 Å². The normalized spacial score (nSPS) is 26.8. The summed E-state index contributed by atoms with van der Waals surface area (Å²) in [5.74, 6) is 2.17. The monoisotopic (exact) mass is 238 g/mol. The van der Waals surface area contributed by atoms with Gasteiger partial charge in [0.25, 0.3) is 0 Å². The number of carbonyl (C=O) groups excluding carboxylic acids is 1. The second kappa shape index (κ2) is 7.89. The van der Waals surface area contributed by atoms with Crippen molar-refractivity contribution in [2.24, 2.45) is 17.8 Å².